The Bertz CT molecular complexity index is 1280. The summed E-state index contributed by atoms with van der Waals surface area (Å²) in [5, 5.41) is 11.9. The van der Waals surface area contributed by atoms with E-state index in [1.54, 1.807) is 30.3 Å². The smallest absolute Gasteiger partial charge is 0.337 e. The molecule has 2 heterocycles. The van der Waals surface area contributed by atoms with Crippen molar-refractivity contribution in [1.82, 2.24) is 10.2 Å². The van der Waals surface area contributed by atoms with Gasteiger partial charge < -0.3 is 9.15 Å². The number of hydrogen-bond acceptors (Lipinski definition) is 7. The number of ether oxygens (including phenoxy) is 1. The van der Waals surface area contributed by atoms with Crippen LogP contribution in [0.15, 0.2) is 57.7 Å². The average molecular weight is 425 g/mol. The first kappa shape index (κ1) is 19.7. The minimum Gasteiger partial charge on any atom is -0.491 e. The lowest BCUT2D eigenvalue weighted by Crippen LogP contribution is -2.15. The molecule has 0 aliphatic rings. The Hall–Kier alpha value is -3.59. The van der Waals surface area contributed by atoms with Crippen molar-refractivity contribution in [2.75, 3.05) is 5.32 Å². The van der Waals surface area contributed by atoms with Gasteiger partial charge in [-0.1, -0.05) is 11.3 Å². The summed E-state index contributed by atoms with van der Waals surface area (Å²) in [5.74, 6) is -0.341. The predicted molar refractivity (Wildman–Crippen MR) is 112 cm³/mol. The first-order valence-electron chi connectivity index (χ1n) is 9.04. The number of fused-ring (bicyclic) bond motifs is 1. The SMILES string of the molecule is CC(C)Oc1ccc2c(C(=O)Nc3nnc(-c4ccc(F)cc4)s3)cc(=O)oc2c1. The topological polar surface area (TPSA) is 94.3 Å². The van der Waals surface area contributed by atoms with E-state index >= 15 is 0 Å². The molecule has 9 heteroatoms. The maximum atomic E-state index is 13.1. The molecule has 4 rings (SSSR count). The van der Waals surface area contributed by atoms with Crippen LogP contribution in [0.3, 0.4) is 0 Å². The lowest BCUT2D eigenvalue weighted by molar-refractivity contribution is 0.102. The molecule has 0 fully saturated rings. The summed E-state index contributed by atoms with van der Waals surface area (Å²) in [6.07, 6.45) is -0.0478. The zero-order valence-electron chi connectivity index (χ0n) is 16.0. The molecule has 0 unspecified atom stereocenters. The molecule has 7 nitrogen and oxygen atoms in total. The van der Waals surface area contributed by atoms with Crippen molar-refractivity contribution >= 4 is 33.3 Å². The number of aromatic nitrogens is 2. The molecule has 1 N–H and O–H groups in total. The van der Waals surface area contributed by atoms with Gasteiger partial charge in [-0.05, 0) is 50.2 Å². The van der Waals surface area contributed by atoms with E-state index in [0.29, 0.717) is 21.7 Å². The standard InChI is InChI=1S/C21H16FN3O4S/c1-11(2)28-14-7-8-15-16(10-18(26)29-17(15)9-14)19(27)23-21-25-24-20(30-21)12-3-5-13(22)6-4-12/h3-11H,1-2H3,(H,23,25,27). The minimum atomic E-state index is -0.654. The Balaban J connectivity index is 1.62. The minimum absolute atomic E-state index is 0.0478. The van der Waals surface area contributed by atoms with E-state index in [-0.39, 0.29) is 28.2 Å². The molecule has 0 bridgehead atoms. The average Bonchev–Trinajstić information content (AvgIpc) is 3.15. The molecule has 0 saturated heterocycles. The summed E-state index contributed by atoms with van der Waals surface area (Å²) in [7, 11) is 0. The number of nitrogens with one attached hydrogen (secondary N) is 1. The van der Waals surface area contributed by atoms with Crippen LogP contribution in [-0.4, -0.2) is 22.2 Å². The second kappa shape index (κ2) is 8.03. The Kier molecular flexibility index (Phi) is 5.28. The molecule has 0 saturated carbocycles. The van der Waals surface area contributed by atoms with Gasteiger partial charge in [0.25, 0.3) is 5.91 Å². The summed E-state index contributed by atoms with van der Waals surface area (Å²) < 4.78 is 23.9. The van der Waals surface area contributed by atoms with Gasteiger partial charge in [-0.15, -0.1) is 10.2 Å². The van der Waals surface area contributed by atoms with Crippen molar-refractivity contribution in [2.24, 2.45) is 0 Å². The first-order valence-corrected chi connectivity index (χ1v) is 9.86. The summed E-state index contributed by atoms with van der Waals surface area (Å²) in [4.78, 5) is 24.8. The number of carbonyl (C=O) groups excluding carboxylic acids is 1. The van der Waals surface area contributed by atoms with Crippen LogP contribution in [0.25, 0.3) is 21.5 Å². The normalized spacial score (nSPS) is 11.1. The fourth-order valence-electron chi connectivity index (χ4n) is 2.82. The van der Waals surface area contributed by atoms with Gasteiger partial charge in [-0.2, -0.15) is 0 Å². The van der Waals surface area contributed by atoms with Gasteiger partial charge in [-0.25, -0.2) is 9.18 Å². The fourth-order valence-corrected chi connectivity index (χ4v) is 3.57. The van der Waals surface area contributed by atoms with E-state index in [0.717, 1.165) is 17.4 Å². The summed E-state index contributed by atoms with van der Waals surface area (Å²) in [5.41, 5.74) is 0.419. The van der Waals surface area contributed by atoms with E-state index in [2.05, 4.69) is 15.5 Å². The zero-order valence-corrected chi connectivity index (χ0v) is 16.8. The van der Waals surface area contributed by atoms with E-state index in [4.69, 9.17) is 9.15 Å². The molecule has 0 aliphatic carbocycles. The quantitative estimate of drug-likeness (QED) is 0.474. The number of carbonyl (C=O) groups is 1. The molecule has 4 aromatic rings. The highest BCUT2D eigenvalue weighted by atomic mass is 32.1. The zero-order chi connectivity index (χ0) is 21.3. The molecular formula is C21H16FN3O4S. The number of halogens is 1. The largest absolute Gasteiger partial charge is 0.491 e. The fraction of sp³-hybridized carbons (Fsp3) is 0.143. The molecule has 2 aromatic carbocycles. The van der Waals surface area contributed by atoms with Crippen LogP contribution in [0.2, 0.25) is 0 Å². The number of rotatable bonds is 5. The molecule has 0 spiro atoms. The molecule has 30 heavy (non-hydrogen) atoms. The molecular weight excluding hydrogens is 409 g/mol. The van der Waals surface area contributed by atoms with Crippen LogP contribution in [-0.2, 0) is 0 Å². The molecule has 1 amide bonds. The lowest BCUT2D eigenvalue weighted by Gasteiger charge is -2.10. The van der Waals surface area contributed by atoms with E-state index < -0.39 is 11.5 Å². The summed E-state index contributed by atoms with van der Waals surface area (Å²) in [6.45, 7) is 3.76. The van der Waals surface area contributed by atoms with Crippen LogP contribution in [0.5, 0.6) is 5.75 Å². The van der Waals surface area contributed by atoms with Gasteiger partial charge in [-0.3, -0.25) is 10.1 Å². The lowest BCUT2D eigenvalue weighted by atomic mass is 10.1. The third-order valence-electron chi connectivity index (χ3n) is 4.07. The van der Waals surface area contributed by atoms with Crippen molar-refractivity contribution in [2.45, 2.75) is 20.0 Å². The monoisotopic (exact) mass is 425 g/mol. The number of hydrogen-bond donors (Lipinski definition) is 1. The second-order valence-corrected chi connectivity index (χ2v) is 7.65. The van der Waals surface area contributed by atoms with Crippen LogP contribution < -0.4 is 15.7 Å². The maximum Gasteiger partial charge on any atom is 0.337 e. The highest BCUT2D eigenvalue weighted by Crippen LogP contribution is 2.28. The third-order valence-corrected chi connectivity index (χ3v) is 4.96. The number of amides is 1. The third kappa shape index (κ3) is 4.20. The summed E-state index contributed by atoms with van der Waals surface area (Å²) >= 11 is 1.14. The molecule has 0 aliphatic heterocycles. The van der Waals surface area contributed by atoms with Crippen molar-refractivity contribution in [1.29, 1.82) is 0 Å². The van der Waals surface area contributed by atoms with Crippen LogP contribution in [0.1, 0.15) is 24.2 Å². The molecule has 2 aromatic heterocycles. The van der Waals surface area contributed by atoms with Crippen molar-refractivity contribution in [3.05, 3.63) is 70.3 Å². The van der Waals surface area contributed by atoms with Crippen molar-refractivity contribution in [3.8, 4) is 16.3 Å². The summed E-state index contributed by atoms with van der Waals surface area (Å²) in [6, 6.07) is 11.9. The second-order valence-electron chi connectivity index (χ2n) is 6.68. The Labute approximate surface area is 174 Å². The Morgan fingerprint density at radius 3 is 2.63 bits per heavy atom. The van der Waals surface area contributed by atoms with Gasteiger partial charge >= 0.3 is 5.63 Å². The first-order chi connectivity index (χ1) is 14.4. The van der Waals surface area contributed by atoms with Crippen LogP contribution in [0, 0.1) is 5.82 Å². The van der Waals surface area contributed by atoms with Gasteiger partial charge in [0, 0.05) is 23.1 Å². The van der Waals surface area contributed by atoms with Crippen LogP contribution in [0.4, 0.5) is 9.52 Å². The van der Waals surface area contributed by atoms with Gasteiger partial charge in [0.2, 0.25) is 5.13 Å². The Morgan fingerprint density at radius 1 is 1.13 bits per heavy atom. The number of nitrogens with zero attached hydrogens (tertiary/aromatic N) is 2. The van der Waals surface area contributed by atoms with E-state index in [9.17, 15) is 14.0 Å². The van der Waals surface area contributed by atoms with Gasteiger partial charge in [0.1, 0.15) is 22.2 Å². The van der Waals surface area contributed by atoms with Gasteiger partial charge in [0.15, 0.2) is 0 Å². The van der Waals surface area contributed by atoms with Crippen molar-refractivity contribution in [3.63, 3.8) is 0 Å². The predicted octanol–water partition coefficient (Wildman–Crippen LogP) is 4.49. The highest BCUT2D eigenvalue weighted by molar-refractivity contribution is 7.18. The molecule has 0 radical (unpaired) electrons. The molecule has 0 atom stereocenters. The maximum absolute atomic E-state index is 13.1. The van der Waals surface area contributed by atoms with Crippen molar-refractivity contribution < 1.29 is 18.3 Å². The molecule has 152 valence electrons. The number of anilines is 1. The number of benzene rings is 2. The van der Waals surface area contributed by atoms with Crippen LogP contribution >= 0.6 is 11.3 Å². The van der Waals surface area contributed by atoms with Gasteiger partial charge in [0.05, 0.1) is 11.7 Å². The van der Waals surface area contributed by atoms with E-state index in [1.807, 2.05) is 13.8 Å². The highest BCUT2D eigenvalue weighted by Gasteiger charge is 2.17. The van der Waals surface area contributed by atoms with E-state index in [1.165, 1.54) is 12.1 Å². The Morgan fingerprint density at radius 2 is 1.90 bits per heavy atom.